The largest absolute Gasteiger partial charge is 0.378 e. The zero-order chi connectivity index (χ0) is 21.7. The summed E-state index contributed by atoms with van der Waals surface area (Å²) in [4.78, 5) is 22.8. The third kappa shape index (κ3) is 5.67. The maximum atomic E-state index is 12.3. The fourth-order valence-electron chi connectivity index (χ4n) is 2.86. The average Bonchev–Trinajstić information content (AvgIpc) is 3.25. The molecule has 0 bridgehead atoms. The van der Waals surface area contributed by atoms with Crippen molar-refractivity contribution in [1.82, 2.24) is 5.32 Å². The second-order valence-corrected chi connectivity index (χ2v) is 11.3. The number of rotatable bonds is 8. The number of nitro benzene ring substituents is 1. The van der Waals surface area contributed by atoms with Gasteiger partial charge in [-0.1, -0.05) is 12.1 Å². The second-order valence-electron chi connectivity index (χ2n) is 6.59. The topological polar surface area (TPSA) is 118 Å². The van der Waals surface area contributed by atoms with Crippen molar-refractivity contribution in [3.63, 3.8) is 0 Å². The molecule has 1 amide bonds. The number of sulfone groups is 1. The molecule has 30 heavy (non-hydrogen) atoms. The molecule has 1 heterocycles. The van der Waals surface area contributed by atoms with E-state index >= 15 is 0 Å². The van der Waals surface area contributed by atoms with E-state index in [0.717, 1.165) is 23.8 Å². The fourth-order valence-corrected chi connectivity index (χ4v) is 6.36. The number of benzene rings is 2. The smallest absolute Gasteiger partial charge is 0.293 e. The monoisotopic (exact) mass is 467 g/mol. The Balaban J connectivity index is 1.54. The Labute approximate surface area is 183 Å². The van der Waals surface area contributed by atoms with E-state index in [0.29, 0.717) is 10.1 Å². The van der Waals surface area contributed by atoms with E-state index in [-0.39, 0.29) is 35.3 Å². The number of hydrogen-bond acceptors (Lipinski definition) is 8. The highest BCUT2D eigenvalue weighted by atomic mass is 32.2. The van der Waals surface area contributed by atoms with Gasteiger partial charge < -0.3 is 10.6 Å². The van der Waals surface area contributed by atoms with Crippen molar-refractivity contribution in [1.29, 1.82) is 0 Å². The molecule has 2 aromatic rings. The summed E-state index contributed by atoms with van der Waals surface area (Å²) < 4.78 is 23.6. The van der Waals surface area contributed by atoms with Crippen molar-refractivity contribution in [3.8, 4) is 0 Å². The fraction of sp³-hybridized carbons (Fsp3) is 0.316. The van der Waals surface area contributed by atoms with Crippen LogP contribution in [0.2, 0.25) is 0 Å². The Kier molecular flexibility index (Phi) is 7.27. The van der Waals surface area contributed by atoms with Crippen LogP contribution in [0.25, 0.3) is 0 Å². The molecule has 160 valence electrons. The first kappa shape index (κ1) is 22.4. The van der Waals surface area contributed by atoms with Crippen molar-refractivity contribution >= 4 is 50.6 Å². The van der Waals surface area contributed by atoms with Crippen LogP contribution in [-0.2, 0) is 9.84 Å². The van der Waals surface area contributed by atoms with Crippen molar-refractivity contribution in [2.45, 2.75) is 9.48 Å². The molecule has 0 unspecified atom stereocenters. The SMILES string of the molecule is CS(=O)(=O)c1ccc(NCCNC(=O)c2ccc(C3SCCS3)cc2)c([N+](=O)[O-])c1. The molecule has 1 fully saturated rings. The highest BCUT2D eigenvalue weighted by Gasteiger charge is 2.19. The van der Waals surface area contributed by atoms with Gasteiger partial charge in [0, 0.05) is 42.5 Å². The van der Waals surface area contributed by atoms with Crippen molar-refractivity contribution in [3.05, 3.63) is 63.7 Å². The van der Waals surface area contributed by atoms with E-state index in [4.69, 9.17) is 0 Å². The van der Waals surface area contributed by atoms with Gasteiger partial charge in [0.1, 0.15) is 5.69 Å². The Bertz CT molecular complexity index is 1040. The molecular weight excluding hydrogens is 446 g/mol. The minimum absolute atomic E-state index is 0.120. The first-order valence-electron chi connectivity index (χ1n) is 9.09. The summed E-state index contributed by atoms with van der Waals surface area (Å²) >= 11 is 3.81. The first-order valence-corrected chi connectivity index (χ1v) is 13.1. The lowest BCUT2D eigenvalue weighted by molar-refractivity contribution is -0.384. The summed E-state index contributed by atoms with van der Waals surface area (Å²) in [6, 6.07) is 11.2. The molecule has 8 nitrogen and oxygen atoms in total. The lowest BCUT2D eigenvalue weighted by Crippen LogP contribution is -2.28. The Morgan fingerprint density at radius 2 is 1.80 bits per heavy atom. The first-order chi connectivity index (χ1) is 14.3. The Hall–Kier alpha value is -2.24. The second kappa shape index (κ2) is 9.71. The molecule has 2 aromatic carbocycles. The van der Waals surface area contributed by atoms with E-state index in [2.05, 4.69) is 10.6 Å². The van der Waals surface area contributed by atoms with E-state index in [9.17, 15) is 23.3 Å². The van der Waals surface area contributed by atoms with Crippen LogP contribution in [0.3, 0.4) is 0 Å². The Morgan fingerprint density at radius 3 is 2.40 bits per heavy atom. The molecule has 0 aliphatic carbocycles. The van der Waals surface area contributed by atoms with Crippen LogP contribution in [0.4, 0.5) is 11.4 Å². The van der Waals surface area contributed by atoms with Crippen LogP contribution in [0.15, 0.2) is 47.4 Å². The zero-order valence-corrected chi connectivity index (χ0v) is 18.6. The summed E-state index contributed by atoms with van der Waals surface area (Å²) in [6.45, 7) is 0.498. The molecule has 1 saturated heterocycles. The lowest BCUT2D eigenvalue weighted by Gasteiger charge is -2.11. The number of carbonyl (C=O) groups excluding carboxylic acids is 1. The summed E-state index contributed by atoms with van der Waals surface area (Å²) in [5.41, 5.74) is 1.61. The van der Waals surface area contributed by atoms with Crippen LogP contribution in [0.1, 0.15) is 20.5 Å². The third-order valence-corrected chi connectivity index (χ3v) is 8.60. The molecule has 0 saturated carbocycles. The molecule has 1 aliphatic rings. The van der Waals surface area contributed by atoms with E-state index in [1.54, 1.807) is 12.1 Å². The van der Waals surface area contributed by atoms with Gasteiger partial charge in [-0.25, -0.2) is 8.42 Å². The standard InChI is InChI=1S/C19H21N3O5S3/c1-30(26,27)15-6-7-16(17(12-15)22(24)25)20-8-9-21-18(23)13-2-4-14(5-3-13)19-28-10-11-29-19/h2-7,12,19-20H,8-11H2,1H3,(H,21,23). The summed E-state index contributed by atoms with van der Waals surface area (Å²) in [6.07, 6.45) is 0.993. The van der Waals surface area contributed by atoms with Crippen LogP contribution in [-0.4, -0.2) is 50.1 Å². The highest BCUT2D eigenvalue weighted by molar-refractivity contribution is 8.19. The predicted octanol–water partition coefficient (Wildman–Crippen LogP) is 3.32. The van der Waals surface area contributed by atoms with Gasteiger partial charge in [-0.3, -0.25) is 14.9 Å². The van der Waals surface area contributed by atoms with Gasteiger partial charge in [0.25, 0.3) is 11.6 Å². The number of amides is 1. The van der Waals surface area contributed by atoms with E-state index in [1.165, 1.54) is 17.7 Å². The summed E-state index contributed by atoms with van der Waals surface area (Å²) in [7, 11) is -3.54. The number of nitro groups is 1. The Morgan fingerprint density at radius 1 is 1.13 bits per heavy atom. The van der Waals surface area contributed by atoms with Gasteiger partial charge in [-0.15, -0.1) is 23.5 Å². The van der Waals surface area contributed by atoms with Crippen molar-refractivity contribution < 1.29 is 18.1 Å². The van der Waals surface area contributed by atoms with E-state index in [1.807, 2.05) is 35.7 Å². The summed E-state index contributed by atoms with van der Waals surface area (Å²) in [5, 5.41) is 16.9. The molecule has 0 atom stereocenters. The molecule has 0 aromatic heterocycles. The van der Waals surface area contributed by atoms with Gasteiger partial charge >= 0.3 is 0 Å². The number of nitrogens with zero attached hydrogens (tertiary/aromatic N) is 1. The highest BCUT2D eigenvalue weighted by Crippen LogP contribution is 2.45. The molecule has 0 spiro atoms. The molecular formula is C19H21N3O5S3. The predicted molar refractivity (Wildman–Crippen MR) is 121 cm³/mol. The number of hydrogen-bond donors (Lipinski definition) is 2. The van der Waals surface area contributed by atoms with Crippen molar-refractivity contribution in [2.75, 3.05) is 36.2 Å². The van der Waals surface area contributed by atoms with Crippen LogP contribution in [0.5, 0.6) is 0 Å². The van der Waals surface area contributed by atoms with Gasteiger partial charge in [-0.05, 0) is 29.8 Å². The minimum Gasteiger partial charge on any atom is -0.378 e. The van der Waals surface area contributed by atoms with Gasteiger partial charge in [0.15, 0.2) is 9.84 Å². The number of carbonyl (C=O) groups is 1. The minimum atomic E-state index is -3.54. The maximum absolute atomic E-state index is 12.3. The van der Waals surface area contributed by atoms with Crippen LogP contribution >= 0.6 is 23.5 Å². The molecule has 0 radical (unpaired) electrons. The zero-order valence-electron chi connectivity index (χ0n) is 16.2. The normalized spacial score (nSPS) is 14.4. The van der Waals surface area contributed by atoms with Gasteiger partial charge in [0.2, 0.25) is 0 Å². The quantitative estimate of drug-likeness (QED) is 0.345. The van der Waals surface area contributed by atoms with Crippen LogP contribution < -0.4 is 10.6 Å². The van der Waals surface area contributed by atoms with Crippen LogP contribution in [0, 0.1) is 10.1 Å². The average molecular weight is 468 g/mol. The molecule has 2 N–H and O–H groups in total. The number of anilines is 1. The van der Waals surface area contributed by atoms with E-state index < -0.39 is 14.8 Å². The molecule has 11 heteroatoms. The lowest BCUT2D eigenvalue weighted by atomic mass is 10.1. The van der Waals surface area contributed by atoms with Crippen molar-refractivity contribution in [2.24, 2.45) is 0 Å². The van der Waals surface area contributed by atoms with Gasteiger partial charge in [-0.2, -0.15) is 0 Å². The summed E-state index contributed by atoms with van der Waals surface area (Å²) in [5.74, 6) is 2.05. The molecule has 1 aliphatic heterocycles. The van der Waals surface area contributed by atoms with Gasteiger partial charge in [0.05, 0.1) is 14.4 Å². The molecule has 3 rings (SSSR count). The number of nitrogens with one attached hydrogen (secondary N) is 2. The number of thioether (sulfide) groups is 2. The third-order valence-electron chi connectivity index (χ3n) is 4.39. The maximum Gasteiger partial charge on any atom is 0.293 e.